The molecule has 0 unspecified atom stereocenters. The van der Waals surface area contributed by atoms with Gasteiger partial charge in [-0.05, 0) is 94.4 Å². The van der Waals surface area contributed by atoms with Crippen LogP contribution in [0.1, 0.15) is 61.2 Å². The molecule has 0 spiro atoms. The van der Waals surface area contributed by atoms with Gasteiger partial charge in [-0.2, -0.15) is 5.26 Å². The van der Waals surface area contributed by atoms with Crippen LogP contribution in [0.15, 0.2) is 39.8 Å². The minimum absolute atomic E-state index is 0.253. The third-order valence-electron chi connectivity index (χ3n) is 6.61. The first kappa shape index (κ1) is 28.0. The number of hydrogen-bond donors (Lipinski definition) is 0. The van der Waals surface area contributed by atoms with Gasteiger partial charge in [-0.25, -0.2) is 4.99 Å². The molecule has 0 saturated heterocycles. The van der Waals surface area contributed by atoms with Gasteiger partial charge in [0.2, 0.25) is 0 Å². The topological polar surface area (TPSA) is 54.6 Å². The van der Waals surface area contributed by atoms with Crippen molar-refractivity contribution in [3.05, 3.63) is 72.0 Å². The fourth-order valence-corrected chi connectivity index (χ4v) is 6.62. The Labute approximate surface area is 241 Å². The van der Waals surface area contributed by atoms with Gasteiger partial charge in [0.1, 0.15) is 17.7 Å². The highest BCUT2D eigenvalue weighted by molar-refractivity contribution is 9.10. The highest BCUT2D eigenvalue weighted by atomic mass is 79.9. The van der Waals surface area contributed by atoms with Crippen LogP contribution >= 0.6 is 50.5 Å². The zero-order valence-electron chi connectivity index (χ0n) is 21.3. The Morgan fingerprint density at radius 3 is 2.65 bits per heavy atom. The third-order valence-corrected chi connectivity index (χ3v) is 9.10. The Morgan fingerprint density at radius 2 is 1.97 bits per heavy atom. The number of fused-ring (bicyclic) bond motifs is 1. The quantitative estimate of drug-likeness (QED) is 0.247. The maximum atomic E-state index is 9.89. The summed E-state index contributed by atoms with van der Waals surface area (Å²) in [5.74, 6) is 1.82. The number of thiophene rings is 1. The Hall–Kier alpha value is -2.04. The van der Waals surface area contributed by atoms with E-state index in [0.29, 0.717) is 46.2 Å². The van der Waals surface area contributed by atoms with Crippen molar-refractivity contribution in [3.63, 3.8) is 0 Å². The van der Waals surface area contributed by atoms with Gasteiger partial charge in [-0.15, -0.1) is 11.3 Å². The van der Waals surface area contributed by atoms with Crippen LogP contribution in [0, 0.1) is 22.7 Å². The van der Waals surface area contributed by atoms with Crippen molar-refractivity contribution in [1.29, 1.82) is 5.26 Å². The summed E-state index contributed by atoms with van der Waals surface area (Å²) in [5.41, 5.74) is 3.90. The first-order chi connectivity index (χ1) is 17.6. The molecule has 1 aliphatic rings. The minimum Gasteiger partial charge on any atom is -0.490 e. The van der Waals surface area contributed by atoms with Crippen molar-refractivity contribution in [3.8, 4) is 17.6 Å². The minimum atomic E-state index is 0.253. The van der Waals surface area contributed by atoms with Crippen LogP contribution in [-0.4, -0.2) is 12.8 Å². The van der Waals surface area contributed by atoms with E-state index >= 15 is 0 Å². The van der Waals surface area contributed by atoms with Crippen molar-refractivity contribution in [2.24, 2.45) is 16.3 Å². The summed E-state index contributed by atoms with van der Waals surface area (Å²) in [5, 5.41) is 11.7. The SMILES string of the molecule is CCOc1cc(C=Nc2sc3c(c2C#N)CC[C@H](C(C)(C)C)C3)cc(Br)c1OCc1ccc(Cl)c(Cl)c1. The van der Waals surface area contributed by atoms with Gasteiger partial charge in [0.15, 0.2) is 11.5 Å². The van der Waals surface area contributed by atoms with Crippen LogP contribution in [-0.2, 0) is 19.4 Å². The Morgan fingerprint density at radius 1 is 1.19 bits per heavy atom. The fourth-order valence-electron chi connectivity index (χ4n) is 4.50. The number of nitrogens with zero attached hydrogens (tertiary/aromatic N) is 2. The van der Waals surface area contributed by atoms with Crippen LogP contribution < -0.4 is 9.47 Å². The molecule has 37 heavy (non-hydrogen) atoms. The van der Waals surface area contributed by atoms with Crippen molar-refractivity contribution in [2.45, 2.75) is 53.6 Å². The number of hydrogen-bond acceptors (Lipinski definition) is 5. The molecule has 0 radical (unpaired) electrons. The summed E-state index contributed by atoms with van der Waals surface area (Å²) in [6, 6.07) is 11.7. The average molecular weight is 620 g/mol. The lowest BCUT2D eigenvalue weighted by atomic mass is 9.72. The molecule has 1 heterocycles. The van der Waals surface area contributed by atoms with E-state index in [2.05, 4.69) is 42.8 Å². The number of nitriles is 1. The van der Waals surface area contributed by atoms with Crippen LogP contribution in [0.2, 0.25) is 10.0 Å². The lowest BCUT2D eigenvalue weighted by Gasteiger charge is -2.33. The van der Waals surface area contributed by atoms with Gasteiger partial charge >= 0.3 is 0 Å². The van der Waals surface area contributed by atoms with Crippen LogP contribution in [0.25, 0.3) is 0 Å². The molecule has 0 N–H and O–H groups in total. The van der Waals surface area contributed by atoms with Crippen LogP contribution in [0.4, 0.5) is 5.00 Å². The van der Waals surface area contributed by atoms with Gasteiger partial charge in [0, 0.05) is 11.1 Å². The predicted octanol–water partition coefficient (Wildman–Crippen LogP) is 9.57. The van der Waals surface area contributed by atoms with Gasteiger partial charge in [-0.3, -0.25) is 0 Å². The number of ether oxygens (including phenoxy) is 2. The molecule has 0 amide bonds. The predicted molar refractivity (Wildman–Crippen MR) is 157 cm³/mol. The summed E-state index contributed by atoms with van der Waals surface area (Å²) in [6.45, 7) is 9.62. The Balaban J connectivity index is 1.58. The second-order valence-electron chi connectivity index (χ2n) is 10.2. The van der Waals surface area contributed by atoms with Crippen molar-refractivity contribution < 1.29 is 9.47 Å². The van der Waals surface area contributed by atoms with E-state index < -0.39 is 0 Å². The number of aliphatic imine (C=N–C) groups is 1. The van der Waals surface area contributed by atoms with Crippen LogP contribution in [0.3, 0.4) is 0 Å². The molecule has 0 aliphatic heterocycles. The molecule has 0 bridgehead atoms. The second kappa shape index (κ2) is 11.8. The molecular formula is C29H29BrCl2N2O2S. The Kier molecular flexibility index (Phi) is 8.91. The van der Waals surface area contributed by atoms with E-state index in [4.69, 9.17) is 37.7 Å². The van der Waals surface area contributed by atoms with Crippen molar-refractivity contribution >= 4 is 61.7 Å². The standard InChI is InChI=1S/C29H29BrCl2N2O2S/c1-5-35-25-12-18(10-22(30)27(25)36-16-17-6-9-23(31)24(32)11-17)15-34-28-21(14-33)20-8-7-19(29(2,3)4)13-26(20)37-28/h6,9-12,15,19H,5,7-8,13,16H2,1-4H3/t19-/m0/s1. The molecule has 4 rings (SSSR count). The summed E-state index contributed by atoms with van der Waals surface area (Å²) in [7, 11) is 0. The van der Waals surface area contributed by atoms with E-state index in [-0.39, 0.29) is 5.41 Å². The fraction of sp³-hybridized carbons (Fsp3) is 0.379. The summed E-state index contributed by atoms with van der Waals surface area (Å²) >= 11 is 17.4. The lowest BCUT2D eigenvalue weighted by Crippen LogP contribution is -2.26. The molecule has 2 aromatic carbocycles. The van der Waals surface area contributed by atoms with Crippen molar-refractivity contribution in [1.82, 2.24) is 0 Å². The normalized spacial score (nSPS) is 15.5. The van der Waals surface area contributed by atoms with Gasteiger partial charge in [0.05, 0.1) is 26.7 Å². The van der Waals surface area contributed by atoms with E-state index in [1.807, 2.05) is 25.1 Å². The number of rotatable bonds is 7. The van der Waals surface area contributed by atoms with E-state index in [1.54, 1.807) is 29.7 Å². The molecule has 1 atom stereocenters. The molecule has 0 fully saturated rings. The maximum absolute atomic E-state index is 9.89. The first-order valence-electron chi connectivity index (χ1n) is 12.2. The van der Waals surface area contributed by atoms with E-state index in [0.717, 1.165) is 39.9 Å². The van der Waals surface area contributed by atoms with Crippen molar-refractivity contribution in [2.75, 3.05) is 6.61 Å². The highest BCUT2D eigenvalue weighted by Gasteiger charge is 2.32. The largest absolute Gasteiger partial charge is 0.490 e. The first-order valence-corrected chi connectivity index (χ1v) is 14.6. The molecule has 0 saturated carbocycles. The monoisotopic (exact) mass is 618 g/mol. The summed E-state index contributed by atoms with van der Waals surface area (Å²) < 4.78 is 12.7. The smallest absolute Gasteiger partial charge is 0.175 e. The van der Waals surface area contributed by atoms with Crippen LogP contribution in [0.5, 0.6) is 11.5 Å². The van der Waals surface area contributed by atoms with E-state index in [1.165, 1.54) is 10.4 Å². The average Bonchev–Trinajstić information content (AvgIpc) is 3.20. The van der Waals surface area contributed by atoms with Gasteiger partial charge in [0.25, 0.3) is 0 Å². The molecule has 3 aromatic rings. The summed E-state index contributed by atoms with van der Waals surface area (Å²) in [6.07, 6.45) is 4.85. The van der Waals surface area contributed by atoms with E-state index in [9.17, 15) is 5.26 Å². The molecule has 8 heteroatoms. The summed E-state index contributed by atoms with van der Waals surface area (Å²) in [4.78, 5) is 6.05. The lowest BCUT2D eigenvalue weighted by molar-refractivity contribution is 0.218. The third kappa shape index (κ3) is 6.52. The zero-order valence-corrected chi connectivity index (χ0v) is 25.2. The second-order valence-corrected chi connectivity index (χ2v) is 12.9. The molecule has 1 aliphatic carbocycles. The number of halogens is 3. The molecule has 194 valence electrons. The molecule has 4 nitrogen and oxygen atoms in total. The zero-order chi connectivity index (χ0) is 26.7. The molecule has 1 aromatic heterocycles. The highest BCUT2D eigenvalue weighted by Crippen LogP contribution is 2.45. The van der Waals surface area contributed by atoms with Gasteiger partial charge < -0.3 is 9.47 Å². The Bertz CT molecular complexity index is 1370. The number of benzene rings is 2. The van der Waals surface area contributed by atoms with Gasteiger partial charge in [-0.1, -0.05) is 50.0 Å². The maximum Gasteiger partial charge on any atom is 0.175 e. The molecular weight excluding hydrogens is 591 g/mol.